The van der Waals surface area contributed by atoms with Crippen LogP contribution >= 0.6 is 11.6 Å². The molecule has 0 saturated carbocycles. The SMILES string of the molecule is CCCCc1nc(N)c2cc(Cl)ccc2n1. The van der Waals surface area contributed by atoms with Crippen molar-refractivity contribution in [2.45, 2.75) is 26.2 Å². The Morgan fingerprint density at radius 3 is 2.88 bits per heavy atom. The van der Waals surface area contributed by atoms with Crippen molar-refractivity contribution in [2.24, 2.45) is 0 Å². The van der Waals surface area contributed by atoms with E-state index in [1.165, 1.54) is 0 Å². The summed E-state index contributed by atoms with van der Waals surface area (Å²) in [6, 6.07) is 5.50. The number of hydrogen-bond donors (Lipinski definition) is 1. The first-order chi connectivity index (χ1) is 7.70. The first kappa shape index (κ1) is 11.1. The minimum atomic E-state index is 0.513. The van der Waals surface area contributed by atoms with E-state index in [1.54, 1.807) is 6.07 Å². The number of benzene rings is 1. The van der Waals surface area contributed by atoms with Gasteiger partial charge in [-0.25, -0.2) is 9.97 Å². The van der Waals surface area contributed by atoms with Gasteiger partial charge in [0.2, 0.25) is 0 Å². The summed E-state index contributed by atoms with van der Waals surface area (Å²) < 4.78 is 0. The van der Waals surface area contributed by atoms with Gasteiger partial charge >= 0.3 is 0 Å². The van der Waals surface area contributed by atoms with Crippen molar-refractivity contribution < 1.29 is 0 Å². The summed E-state index contributed by atoms with van der Waals surface area (Å²) in [4.78, 5) is 8.75. The van der Waals surface area contributed by atoms with Crippen LogP contribution < -0.4 is 5.73 Å². The lowest BCUT2D eigenvalue weighted by Crippen LogP contribution is -2.01. The van der Waals surface area contributed by atoms with Gasteiger partial charge in [0.05, 0.1) is 5.52 Å². The van der Waals surface area contributed by atoms with E-state index in [-0.39, 0.29) is 0 Å². The smallest absolute Gasteiger partial charge is 0.135 e. The fourth-order valence-electron chi connectivity index (χ4n) is 1.62. The van der Waals surface area contributed by atoms with E-state index < -0.39 is 0 Å². The number of nitrogens with zero attached hydrogens (tertiary/aromatic N) is 2. The third-order valence-corrected chi connectivity index (χ3v) is 2.72. The molecule has 0 saturated heterocycles. The van der Waals surface area contributed by atoms with Crippen molar-refractivity contribution in [1.29, 1.82) is 0 Å². The molecule has 3 nitrogen and oxygen atoms in total. The van der Waals surface area contributed by atoms with E-state index in [0.29, 0.717) is 10.8 Å². The number of fused-ring (bicyclic) bond motifs is 1. The number of halogens is 1. The van der Waals surface area contributed by atoms with E-state index in [4.69, 9.17) is 17.3 Å². The molecule has 0 amide bonds. The highest BCUT2D eigenvalue weighted by Crippen LogP contribution is 2.22. The topological polar surface area (TPSA) is 51.8 Å². The third kappa shape index (κ3) is 2.25. The van der Waals surface area contributed by atoms with Crippen molar-refractivity contribution in [3.63, 3.8) is 0 Å². The maximum Gasteiger partial charge on any atom is 0.135 e. The Morgan fingerprint density at radius 1 is 1.31 bits per heavy atom. The van der Waals surface area contributed by atoms with Crippen molar-refractivity contribution in [1.82, 2.24) is 9.97 Å². The summed E-state index contributed by atoms with van der Waals surface area (Å²) in [5.74, 6) is 1.33. The molecule has 2 N–H and O–H groups in total. The molecule has 0 aliphatic heterocycles. The Kier molecular flexibility index (Phi) is 3.25. The predicted octanol–water partition coefficient (Wildman–Crippen LogP) is 3.21. The Bertz CT molecular complexity index is 511. The molecule has 0 spiro atoms. The lowest BCUT2D eigenvalue weighted by Gasteiger charge is -2.05. The van der Waals surface area contributed by atoms with Crippen molar-refractivity contribution in [3.8, 4) is 0 Å². The van der Waals surface area contributed by atoms with Gasteiger partial charge in [-0.1, -0.05) is 24.9 Å². The summed E-state index contributed by atoms with van der Waals surface area (Å²) in [6.45, 7) is 2.14. The molecule has 0 unspecified atom stereocenters. The van der Waals surface area contributed by atoms with Gasteiger partial charge < -0.3 is 5.73 Å². The summed E-state index contributed by atoms with van der Waals surface area (Å²) in [5.41, 5.74) is 6.75. The van der Waals surface area contributed by atoms with Gasteiger partial charge in [-0.15, -0.1) is 0 Å². The molecule has 0 bridgehead atoms. The summed E-state index contributed by atoms with van der Waals surface area (Å²) in [7, 11) is 0. The first-order valence-electron chi connectivity index (χ1n) is 5.42. The summed E-state index contributed by atoms with van der Waals surface area (Å²) in [5, 5.41) is 1.48. The number of hydrogen-bond acceptors (Lipinski definition) is 3. The van der Waals surface area contributed by atoms with Gasteiger partial charge in [0.1, 0.15) is 11.6 Å². The molecule has 0 radical (unpaired) electrons. The van der Waals surface area contributed by atoms with Crippen LogP contribution in [0.3, 0.4) is 0 Å². The van der Waals surface area contributed by atoms with Crippen LogP contribution in [0.1, 0.15) is 25.6 Å². The van der Waals surface area contributed by atoms with E-state index in [2.05, 4.69) is 16.9 Å². The molecular formula is C12H14ClN3. The predicted molar refractivity (Wildman–Crippen MR) is 67.6 cm³/mol. The normalized spacial score (nSPS) is 10.9. The maximum absolute atomic E-state index is 5.90. The van der Waals surface area contributed by atoms with Crippen LogP contribution in [-0.2, 0) is 6.42 Å². The lowest BCUT2D eigenvalue weighted by molar-refractivity contribution is 0.758. The maximum atomic E-state index is 5.90. The van der Waals surface area contributed by atoms with Gasteiger partial charge in [0, 0.05) is 16.8 Å². The van der Waals surface area contributed by atoms with E-state index >= 15 is 0 Å². The fourth-order valence-corrected chi connectivity index (χ4v) is 1.79. The van der Waals surface area contributed by atoms with Crippen LogP contribution in [0.25, 0.3) is 10.9 Å². The van der Waals surface area contributed by atoms with Gasteiger partial charge in [-0.3, -0.25) is 0 Å². The molecule has 0 atom stereocenters. The molecule has 0 fully saturated rings. The summed E-state index contributed by atoms with van der Waals surface area (Å²) in [6.07, 6.45) is 3.08. The number of aromatic nitrogens is 2. The highest BCUT2D eigenvalue weighted by atomic mass is 35.5. The zero-order chi connectivity index (χ0) is 11.5. The lowest BCUT2D eigenvalue weighted by atomic mass is 10.2. The Balaban J connectivity index is 2.46. The summed E-state index contributed by atoms with van der Waals surface area (Å²) >= 11 is 5.90. The van der Waals surface area contributed by atoms with E-state index in [9.17, 15) is 0 Å². The number of anilines is 1. The van der Waals surface area contributed by atoms with Crippen LogP contribution in [0, 0.1) is 0 Å². The standard InChI is InChI=1S/C12H14ClN3/c1-2-3-4-11-15-10-6-5-8(13)7-9(10)12(14)16-11/h5-7H,2-4H2,1H3,(H2,14,15,16). The van der Waals surface area contributed by atoms with E-state index in [0.717, 1.165) is 36.0 Å². The van der Waals surface area contributed by atoms with Gasteiger partial charge in [-0.2, -0.15) is 0 Å². The zero-order valence-corrected chi connectivity index (χ0v) is 9.96. The van der Waals surface area contributed by atoms with Crippen molar-refractivity contribution in [3.05, 3.63) is 29.0 Å². The molecule has 0 aliphatic rings. The number of rotatable bonds is 3. The second-order valence-corrected chi connectivity index (χ2v) is 4.23. The van der Waals surface area contributed by atoms with Crippen LogP contribution in [-0.4, -0.2) is 9.97 Å². The zero-order valence-electron chi connectivity index (χ0n) is 9.20. The third-order valence-electron chi connectivity index (χ3n) is 2.49. The fraction of sp³-hybridized carbons (Fsp3) is 0.333. The second kappa shape index (κ2) is 4.66. The minimum Gasteiger partial charge on any atom is -0.383 e. The molecule has 84 valence electrons. The Hall–Kier alpha value is -1.35. The average Bonchev–Trinajstić information content (AvgIpc) is 2.27. The number of unbranched alkanes of at least 4 members (excludes halogenated alkanes) is 1. The van der Waals surface area contributed by atoms with Gasteiger partial charge in [0.25, 0.3) is 0 Å². The van der Waals surface area contributed by atoms with E-state index in [1.807, 2.05) is 12.1 Å². The van der Waals surface area contributed by atoms with Crippen LogP contribution in [0.5, 0.6) is 0 Å². The minimum absolute atomic E-state index is 0.513. The molecule has 1 aromatic heterocycles. The number of nitrogen functional groups attached to an aromatic ring is 1. The molecule has 1 aromatic carbocycles. The highest BCUT2D eigenvalue weighted by molar-refractivity contribution is 6.31. The van der Waals surface area contributed by atoms with Gasteiger partial charge in [-0.05, 0) is 24.6 Å². The molecule has 4 heteroatoms. The first-order valence-corrected chi connectivity index (χ1v) is 5.80. The molecule has 1 heterocycles. The number of aryl methyl sites for hydroxylation is 1. The Morgan fingerprint density at radius 2 is 2.12 bits per heavy atom. The largest absolute Gasteiger partial charge is 0.383 e. The molecule has 16 heavy (non-hydrogen) atoms. The van der Waals surface area contributed by atoms with Crippen molar-refractivity contribution in [2.75, 3.05) is 5.73 Å². The van der Waals surface area contributed by atoms with Crippen molar-refractivity contribution >= 4 is 28.3 Å². The average molecular weight is 236 g/mol. The molecule has 0 aliphatic carbocycles. The highest BCUT2D eigenvalue weighted by Gasteiger charge is 2.05. The van der Waals surface area contributed by atoms with Gasteiger partial charge in [0.15, 0.2) is 0 Å². The second-order valence-electron chi connectivity index (χ2n) is 3.79. The molecule has 2 aromatic rings. The number of nitrogens with two attached hydrogens (primary N) is 1. The molecular weight excluding hydrogens is 222 g/mol. The molecule has 2 rings (SSSR count). The Labute approximate surface area is 99.7 Å². The van der Waals surface area contributed by atoms with Crippen LogP contribution in [0.15, 0.2) is 18.2 Å². The van der Waals surface area contributed by atoms with Crippen LogP contribution in [0.2, 0.25) is 5.02 Å². The quantitative estimate of drug-likeness (QED) is 0.889. The van der Waals surface area contributed by atoms with Crippen LogP contribution in [0.4, 0.5) is 5.82 Å². The monoisotopic (exact) mass is 235 g/mol.